The van der Waals surface area contributed by atoms with E-state index in [0.717, 1.165) is 26.2 Å². The lowest BCUT2D eigenvalue weighted by atomic mass is 10.2. The van der Waals surface area contributed by atoms with E-state index in [9.17, 15) is 10.1 Å². The summed E-state index contributed by atoms with van der Waals surface area (Å²) in [7, 11) is 0. The van der Waals surface area contributed by atoms with Crippen LogP contribution in [0.5, 0.6) is 0 Å². The molecule has 24 heavy (non-hydrogen) atoms. The molecule has 0 aromatic heterocycles. The molecule has 2 rings (SSSR count). The number of morpholine rings is 1. The maximum atomic E-state index is 10.6. The lowest BCUT2D eigenvalue weighted by Crippen LogP contribution is -2.48. The summed E-state index contributed by atoms with van der Waals surface area (Å²) in [5.41, 5.74) is 0.768. The first-order chi connectivity index (χ1) is 11.4. The van der Waals surface area contributed by atoms with Crippen molar-refractivity contribution in [1.82, 2.24) is 10.2 Å². The van der Waals surface area contributed by atoms with E-state index in [1.807, 2.05) is 0 Å². The van der Waals surface area contributed by atoms with Crippen molar-refractivity contribution in [2.75, 3.05) is 38.1 Å². The molecule has 1 aliphatic rings. The topological polar surface area (TPSA) is 79.7 Å². The van der Waals surface area contributed by atoms with Crippen molar-refractivity contribution in [2.24, 2.45) is 5.92 Å². The normalized spacial score (nSPS) is 18.4. The largest absolute Gasteiger partial charge is 0.374 e. The maximum absolute atomic E-state index is 10.6. The van der Waals surface area contributed by atoms with Crippen LogP contribution in [0.4, 0.5) is 11.4 Å². The summed E-state index contributed by atoms with van der Waals surface area (Å²) in [6, 6.07) is 6.15. The predicted octanol–water partition coefficient (Wildman–Crippen LogP) is 2.24. The van der Waals surface area contributed by atoms with Gasteiger partial charge in [0, 0.05) is 44.0 Å². The van der Waals surface area contributed by atoms with Gasteiger partial charge in [-0.05, 0) is 30.3 Å². The van der Waals surface area contributed by atoms with Crippen LogP contribution < -0.4 is 10.6 Å². The third-order valence-electron chi connectivity index (χ3n) is 3.67. The molecule has 1 aromatic rings. The Balaban J connectivity index is 1.75. The van der Waals surface area contributed by atoms with E-state index >= 15 is 0 Å². The summed E-state index contributed by atoms with van der Waals surface area (Å²) in [4.78, 5) is 12.6. The summed E-state index contributed by atoms with van der Waals surface area (Å²) in [6.07, 6.45) is 0.106. The van der Waals surface area contributed by atoms with Crippen LogP contribution in [-0.4, -0.2) is 53.8 Å². The van der Waals surface area contributed by atoms with Crippen LogP contribution in [0, 0.1) is 16.0 Å². The number of rotatable bonds is 6. The number of thiocarbonyl (C=S) groups is 1. The number of anilines is 1. The van der Waals surface area contributed by atoms with Gasteiger partial charge in [0.2, 0.25) is 0 Å². The Kier molecular flexibility index (Phi) is 6.89. The standard InChI is InChI=1S/C16H24N4O3S/c1-12(2)10-19-7-8-23-15(11-19)9-17-16(24)18-13-3-5-14(6-4-13)20(21)22/h3-6,12,15H,7-11H2,1-2H3,(H2,17,18,24)/t15-/m0/s1. The fourth-order valence-corrected chi connectivity index (χ4v) is 2.84. The van der Waals surface area contributed by atoms with Gasteiger partial charge in [-0.3, -0.25) is 15.0 Å². The Labute approximate surface area is 147 Å². The van der Waals surface area contributed by atoms with Gasteiger partial charge in [0.1, 0.15) is 0 Å². The zero-order valence-electron chi connectivity index (χ0n) is 14.0. The van der Waals surface area contributed by atoms with Gasteiger partial charge < -0.3 is 15.4 Å². The van der Waals surface area contributed by atoms with Gasteiger partial charge in [-0.2, -0.15) is 0 Å². The number of hydrogen-bond donors (Lipinski definition) is 2. The Morgan fingerprint density at radius 2 is 2.17 bits per heavy atom. The van der Waals surface area contributed by atoms with Crippen LogP contribution >= 0.6 is 12.2 Å². The number of nitro groups is 1. The van der Waals surface area contributed by atoms with Gasteiger partial charge in [-0.15, -0.1) is 0 Å². The molecule has 1 saturated heterocycles. The Morgan fingerprint density at radius 3 is 2.79 bits per heavy atom. The minimum Gasteiger partial charge on any atom is -0.374 e. The highest BCUT2D eigenvalue weighted by atomic mass is 32.1. The molecule has 8 heteroatoms. The lowest BCUT2D eigenvalue weighted by molar-refractivity contribution is -0.384. The molecular weight excluding hydrogens is 328 g/mol. The molecule has 0 unspecified atom stereocenters. The molecule has 0 spiro atoms. The molecular formula is C16H24N4O3S. The highest BCUT2D eigenvalue weighted by Gasteiger charge is 2.20. The van der Waals surface area contributed by atoms with Crippen molar-refractivity contribution in [3.8, 4) is 0 Å². The molecule has 1 aliphatic heterocycles. The van der Waals surface area contributed by atoms with Crippen LogP contribution in [0.1, 0.15) is 13.8 Å². The molecule has 1 fully saturated rings. The molecule has 0 saturated carbocycles. The molecule has 1 atom stereocenters. The number of nitro benzene ring substituents is 1. The third-order valence-corrected chi connectivity index (χ3v) is 3.92. The Bertz CT molecular complexity index is 565. The van der Waals surface area contributed by atoms with E-state index in [4.69, 9.17) is 17.0 Å². The van der Waals surface area contributed by atoms with Gasteiger partial charge in [-0.1, -0.05) is 13.8 Å². The fraction of sp³-hybridized carbons (Fsp3) is 0.562. The summed E-state index contributed by atoms with van der Waals surface area (Å²) >= 11 is 5.26. The van der Waals surface area contributed by atoms with E-state index in [1.165, 1.54) is 12.1 Å². The van der Waals surface area contributed by atoms with Crippen molar-refractivity contribution < 1.29 is 9.66 Å². The van der Waals surface area contributed by atoms with Crippen molar-refractivity contribution in [3.63, 3.8) is 0 Å². The summed E-state index contributed by atoms with van der Waals surface area (Å²) in [6.45, 7) is 8.74. The molecule has 0 aliphatic carbocycles. The van der Waals surface area contributed by atoms with Gasteiger partial charge in [0.25, 0.3) is 5.69 Å². The second kappa shape index (κ2) is 8.91. The zero-order valence-corrected chi connectivity index (χ0v) is 14.8. The van der Waals surface area contributed by atoms with Crippen LogP contribution in [-0.2, 0) is 4.74 Å². The number of non-ortho nitro benzene ring substituents is 1. The minimum atomic E-state index is -0.427. The van der Waals surface area contributed by atoms with Crippen molar-refractivity contribution in [2.45, 2.75) is 20.0 Å². The summed E-state index contributed by atoms with van der Waals surface area (Å²) in [5, 5.41) is 17.3. The number of nitrogens with one attached hydrogen (secondary N) is 2. The van der Waals surface area contributed by atoms with Crippen molar-refractivity contribution in [3.05, 3.63) is 34.4 Å². The zero-order chi connectivity index (χ0) is 17.5. The first-order valence-corrected chi connectivity index (χ1v) is 8.48. The van der Waals surface area contributed by atoms with Crippen molar-refractivity contribution in [1.29, 1.82) is 0 Å². The minimum absolute atomic E-state index is 0.0558. The van der Waals surface area contributed by atoms with Crippen LogP contribution in [0.2, 0.25) is 0 Å². The quantitative estimate of drug-likeness (QED) is 0.462. The molecule has 0 bridgehead atoms. The van der Waals surface area contributed by atoms with Crippen LogP contribution in [0.3, 0.4) is 0 Å². The van der Waals surface area contributed by atoms with Gasteiger partial charge in [0.05, 0.1) is 17.6 Å². The third kappa shape index (κ3) is 6.03. The molecule has 0 amide bonds. The van der Waals surface area contributed by atoms with Crippen LogP contribution in [0.25, 0.3) is 0 Å². The molecule has 1 aromatic carbocycles. The SMILES string of the molecule is CC(C)CN1CCO[C@@H](CNC(=S)Nc2ccc([N+](=O)[O-])cc2)C1. The smallest absolute Gasteiger partial charge is 0.269 e. The van der Waals surface area contributed by atoms with E-state index < -0.39 is 4.92 Å². The maximum Gasteiger partial charge on any atom is 0.269 e. The van der Waals surface area contributed by atoms with Gasteiger partial charge in [-0.25, -0.2) is 0 Å². The highest BCUT2D eigenvalue weighted by Crippen LogP contribution is 2.15. The first-order valence-electron chi connectivity index (χ1n) is 8.07. The van der Waals surface area contributed by atoms with E-state index in [0.29, 0.717) is 23.3 Å². The second-order valence-electron chi connectivity index (χ2n) is 6.29. The van der Waals surface area contributed by atoms with Gasteiger partial charge >= 0.3 is 0 Å². The molecule has 132 valence electrons. The van der Waals surface area contributed by atoms with E-state index in [2.05, 4.69) is 29.4 Å². The Hall–Kier alpha value is -1.77. The number of benzene rings is 1. The number of nitrogens with zero attached hydrogens (tertiary/aromatic N) is 2. The van der Waals surface area contributed by atoms with E-state index in [-0.39, 0.29) is 11.8 Å². The van der Waals surface area contributed by atoms with E-state index in [1.54, 1.807) is 12.1 Å². The fourth-order valence-electron chi connectivity index (χ4n) is 2.63. The monoisotopic (exact) mass is 352 g/mol. The lowest BCUT2D eigenvalue weighted by Gasteiger charge is -2.34. The summed E-state index contributed by atoms with van der Waals surface area (Å²) in [5.74, 6) is 0.640. The molecule has 7 nitrogen and oxygen atoms in total. The Morgan fingerprint density at radius 1 is 1.46 bits per heavy atom. The molecule has 1 heterocycles. The van der Waals surface area contributed by atoms with Crippen molar-refractivity contribution >= 4 is 28.7 Å². The first kappa shape index (κ1) is 18.6. The molecule has 0 radical (unpaired) electrons. The average Bonchev–Trinajstić information content (AvgIpc) is 2.53. The number of ether oxygens (including phenoxy) is 1. The number of hydrogen-bond acceptors (Lipinski definition) is 5. The van der Waals surface area contributed by atoms with Gasteiger partial charge in [0.15, 0.2) is 5.11 Å². The summed E-state index contributed by atoms with van der Waals surface area (Å²) < 4.78 is 5.77. The predicted molar refractivity (Wildman–Crippen MR) is 98.3 cm³/mol. The van der Waals surface area contributed by atoms with Crippen LogP contribution in [0.15, 0.2) is 24.3 Å². The second-order valence-corrected chi connectivity index (χ2v) is 6.69. The highest BCUT2D eigenvalue weighted by molar-refractivity contribution is 7.80. The molecule has 2 N–H and O–H groups in total. The average molecular weight is 352 g/mol.